The van der Waals surface area contributed by atoms with Gasteiger partial charge in [-0.25, -0.2) is 4.39 Å². The number of nitrogens with one attached hydrogen (secondary N) is 1. The molecule has 0 spiro atoms. The van der Waals surface area contributed by atoms with Crippen LogP contribution in [0.25, 0.3) is 0 Å². The molecule has 9 nitrogen and oxygen atoms in total. The summed E-state index contributed by atoms with van der Waals surface area (Å²) in [6.07, 6.45) is 0. The summed E-state index contributed by atoms with van der Waals surface area (Å²) in [7, 11) is 0. The summed E-state index contributed by atoms with van der Waals surface area (Å²) in [5, 5.41) is 12.6. The summed E-state index contributed by atoms with van der Waals surface area (Å²) in [5.74, 6) is -2.93. The third-order valence-corrected chi connectivity index (χ3v) is 5.53. The molecule has 3 rings (SSSR count). The molecule has 3 aromatic rings. The molecule has 3 amide bonds. The second-order valence-corrected chi connectivity index (χ2v) is 9.30. The zero-order valence-corrected chi connectivity index (χ0v) is 19.5. The number of phenols is 1. The summed E-state index contributed by atoms with van der Waals surface area (Å²) < 4.78 is 18.1. The molecule has 1 unspecified atom stereocenters. The lowest BCUT2D eigenvalue weighted by Gasteiger charge is -2.33. The quantitative estimate of drug-likeness (QED) is 0.421. The van der Waals surface area contributed by atoms with Gasteiger partial charge in [-0.05, 0) is 68.2 Å². The van der Waals surface area contributed by atoms with Crippen LogP contribution in [0.15, 0.2) is 48.5 Å². The zero-order valence-electron chi connectivity index (χ0n) is 18.7. The maximum absolute atomic E-state index is 14.2. The van der Waals surface area contributed by atoms with Crippen molar-refractivity contribution in [2.75, 3.05) is 10.6 Å². The minimum atomic E-state index is -1.28. The van der Waals surface area contributed by atoms with Crippen LogP contribution in [0.1, 0.15) is 52.5 Å². The van der Waals surface area contributed by atoms with Crippen molar-refractivity contribution >= 4 is 40.6 Å². The van der Waals surface area contributed by atoms with Gasteiger partial charge in [-0.3, -0.25) is 19.3 Å². The van der Waals surface area contributed by atoms with Gasteiger partial charge in [0.25, 0.3) is 11.8 Å². The highest BCUT2D eigenvalue weighted by Gasteiger charge is 2.37. The van der Waals surface area contributed by atoms with Crippen LogP contribution >= 0.6 is 11.5 Å². The number of nitrogens with two attached hydrogens (primary N) is 2. The number of hydrogen-bond donors (Lipinski definition) is 4. The number of phenolic OH excluding ortho intramolecular Hbond substituents is 1. The molecule has 11 heteroatoms. The number of hydrogen-bond acceptors (Lipinski definition) is 7. The first-order chi connectivity index (χ1) is 15.9. The molecule has 6 N–H and O–H groups in total. The third-order valence-electron chi connectivity index (χ3n) is 4.67. The first-order valence-corrected chi connectivity index (χ1v) is 10.9. The highest BCUT2D eigenvalue weighted by atomic mass is 32.1. The Balaban J connectivity index is 2.24. The number of carbonyl (C=O) groups excluding carboxylic acids is 3. The zero-order chi connectivity index (χ0) is 25.2. The van der Waals surface area contributed by atoms with E-state index in [1.807, 2.05) is 0 Å². The van der Waals surface area contributed by atoms with Crippen molar-refractivity contribution in [1.29, 1.82) is 0 Å². The minimum Gasteiger partial charge on any atom is -0.508 e. The molecular weight excluding hydrogens is 461 g/mol. The van der Waals surface area contributed by atoms with Crippen LogP contribution in [0.5, 0.6) is 5.75 Å². The number of rotatable bonds is 6. The molecular formula is C23H24FN5O4S. The summed E-state index contributed by atoms with van der Waals surface area (Å²) in [4.78, 5) is 39.8. The van der Waals surface area contributed by atoms with E-state index in [1.165, 1.54) is 42.5 Å². The number of aromatic nitrogens is 1. The van der Waals surface area contributed by atoms with Gasteiger partial charge in [-0.15, -0.1) is 0 Å². The van der Waals surface area contributed by atoms with Gasteiger partial charge in [0.2, 0.25) is 5.91 Å². The van der Waals surface area contributed by atoms with Crippen molar-refractivity contribution < 1.29 is 23.9 Å². The van der Waals surface area contributed by atoms with Gasteiger partial charge < -0.3 is 21.9 Å². The van der Waals surface area contributed by atoms with Gasteiger partial charge in [0.1, 0.15) is 22.5 Å². The average Bonchev–Trinajstić information content (AvgIpc) is 3.12. The van der Waals surface area contributed by atoms with Crippen LogP contribution < -0.4 is 21.7 Å². The van der Waals surface area contributed by atoms with Crippen molar-refractivity contribution in [2.45, 2.75) is 32.4 Å². The lowest BCUT2D eigenvalue weighted by atomic mass is 10.00. The Bertz CT molecular complexity index is 1240. The van der Waals surface area contributed by atoms with Gasteiger partial charge in [0.15, 0.2) is 5.69 Å². The van der Waals surface area contributed by atoms with Crippen molar-refractivity contribution in [1.82, 2.24) is 9.69 Å². The fraction of sp³-hybridized carbons (Fsp3) is 0.217. The predicted molar refractivity (Wildman–Crippen MR) is 127 cm³/mol. The van der Waals surface area contributed by atoms with Crippen LogP contribution in [0.3, 0.4) is 0 Å². The maximum Gasteiger partial charge on any atom is 0.273 e. The minimum absolute atomic E-state index is 0.0415. The van der Waals surface area contributed by atoms with E-state index in [9.17, 15) is 23.9 Å². The van der Waals surface area contributed by atoms with E-state index in [-0.39, 0.29) is 27.7 Å². The van der Waals surface area contributed by atoms with Gasteiger partial charge >= 0.3 is 0 Å². The molecule has 1 aromatic heterocycles. The highest BCUT2D eigenvalue weighted by molar-refractivity contribution is 7.09. The smallest absolute Gasteiger partial charge is 0.273 e. The van der Waals surface area contributed by atoms with Crippen LogP contribution in [-0.2, 0) is 4.79 Å². The molecule has 2 aromatic carbocycles. The first-order valence-electron chi connectivity index (χ1n) is 10.1. The summed E-state index contributed by atoms with van der Waals surface area (Å²) >= 11 is 0.647. The Hall–Kier alpha value is -3.99. The van der Waals surface area contributed by atoms with Crippen LogP contribution in [0.2, 0.25) is 0 Å². The van der Waals surface area contributed by atoms with E-state index in [1.54, 1.807) is 20.8 Å². The second kappa shape index (κ2) is 9.48. The molecule has 0 aliphatic rings. The highest BCUT2D eigenvalue weighted by Crippen LogP contribution is 2.34. The van der Waals surface area contributed by atoms with E-state index < -0.39 is 35.1 Å². The molecule has 0 saturated carbocycles. The van der Waals surface area contributed by atoms with Crippen molar-refractivity contribution in [2.24, 2.45) is 5.73 Å². The molecule has 34 heavy (non-hydrogen) atoms. The Morgan fingerprint density at radius 1 is 1.15 bits per heavy atom. The molecule has 1 heterocycles. The lowest BCUT2D eigenvalue weighted by molar-refractivity contribution is -0.123. The molecule has 0 bridgehead atoms. The van der Waals surface area contributed by atoms with Crippen molar-refractivity contribution in [3.63, 3.8) is 0 Å². The Labute approximate surface area is 199 Å². The fourth-order valence-corrected chi connectivity index (χ4v) is 4.00. The Morgan fingerprint density at radius 3 is 2.32 bits per heavy atom. The summed E-state index contributed by atoms with van der Waals surface area (Å²) in [5.41, 5.74) is 10.5. The topological polar surface area (TPSA) is 152 Å². The average molecular weight is 486 g/mol. The number of primary amides is 1. The van der Waals surface area contributed by atoms with E-state index in [0.717, 1.165) is 11.0 Å². The molecule has 0 aliphatic carbocycles. The number of aromatic hydroxyl groups is 1. The number of anilines is 2. The number of benzene rings is 2. The normalized spacial score (nSPS) is 12.1. The number of nitrogens with zero attached hydrogens (tertiary/aromatic N) is 2. The van der Waals surface area contributed by atoms with Crippen LogP contribution in [-0.4, -0.2) is 32.7 Å². The van der Waals surface area contributed by atoms with E-state index in [2.05, 4.69) is 9.69 Å². The van der Waals surface area contributed by atoms with Gasteiger partial charge in [-0.1, -0.05) is 18.2 Å². The maximum atomic E-state index is 14.2. The van der Waals surface area contributed by atoms with E-state index in [4.69, 9.17) is 11.5 Å². The monoisotopic (exact) mass is 485 g/mol. The van der Waals surface area contributed by atoms with Crippen molar-refractivity contribution in [3.8, 4) is 5.75 Å². The van der Waals surface area contributed by atoms with Gasteiger partial charge in [-0.2, -0.15) is 4.37 Å². The SMILES string of the molecule is CC(C)(C)NC(=O)C(c1ccc(O)cc1)N(C(=O)c1snc(C(N)=O)c1N)c1cccc(F)c1. The summed E-state index contributed by atoms with van der Waals surface area (Å²) in [6.45, 7) is 5.31. The van der Waals surface area contributed by atoms with Crippen LogP contribution in [0, 0.1) is 5.82 Å². The second-order valence-electron chi connectivity index (χ2n) is 8.53. The number of carbonyl (C=O) groups is 3. The number of amides is 3. The molecule has 0 radical (unpaired) electrons. The third kappa shape index (κ3) is 5.31. The van der Waals surface area contributed by atoms with Crippen molar-refractivity contribution in [3.05, 3.63) is 70.5 Å². The molecule has 0 fully saturated rings. The molecule has 1 atom stereocenters. The van der Waals surface area contributed by atoms with Crippen LogP contribution in [0.4, 0.5) is 15.8 Å². The van der Waals surface area contributed by atoms with E-state index >= 15 is 0 Å². The lowest BCUT2D eigenvalue weighted by Crippen LogP contribution is -2.49. The Kier molecular flexibility index (Phi) is 6.87. The predicted octanol–water partition coefficient (Wildman–Crippen LogP) is 2.97. The first kappa shape index (κ1) is 24.6. The standard InChI is InChI=1S/C23H24FN5O4S/c1-23(2,3)27-21(32)18(12-7-9-15(30)10-8-12)29(14-6-4-5-13(24)11-14)22(33)19-16(25)17(20(26)31)28-34-19/h4-11,18,30H,25H2,1-3H3,(H2,26,31)(H,27,32). The number of halogens is 1. The summed E-state index contributed by atoms with van der Waals surface area (Å²) in [6, 6.07) is 9.56. The van der Waals surface area contributed by atoms with E-state index in [0.29, 0.717) is 17.1 Å². The Morgan fingerprint density at radius 2 is 1.79 bits per heavy atom. The molecule has 0 aliphatic heterocycles. The van der Waals surface area contributed by atoms with Gasteiger partial charge in [0, 0.05) is 11.2 Å². The molecule has 0 saturated heterocycles. The fourth-order valence-electron chi connectivity index (χ4n) is 3.26. The number of nitrogen functional groups attached to an aromatic ring is 1. The van der Waals surface area contributed by atoms with Gasteiger partial charge in [0.05, 0.1) is 5.69 Å². The largest absolute Gasteiger partial charge is 0.508 e. The molecule has 178 valence electrons.